The van der Waals surface area contributed by atoms with Crippen molar-refractivity contribution >= 4 is 11.8 Å². The average molecular weight is 251 g/mol. The third-order valence-corrected chi connectivity index (χ3v) is 2.33. The van der Waals surface area contributed by atoms with Gasteiger partial charge in [0.15, 0.2) is 0 Å². The Morgan fingerprint density at radius 2 is 2.00 bits per heavy atom. The molecule has 0 saturated carbocycles. The van der Waals surface area contributed by atoms with E-state index in [4.69, 9.17) is 9.47 Å². The van der Waals surface area contributed by atoms with Gasteiger partial charge in [0.25, 0.3) is 0 Å². The Bertz CT molecular complexity index is 422. The molecule has 0 aliphatic carbocycles. The van der Waals surface area contributed by atoms with Crippen molar-refractivity contribution in [3.63, 3.8) is 0 Å². The maximum absolute atomic E-state index is 11.7. The SMILES string of the molecule is CCc1cc(OC)ccc1NC(=O)OC(C)(C)C. The molecule has 0 fully saturated rings. The summed E-state index contributed by atoms with van der Waals surface area (Å²) in [6, 6.07) is 5.54. The fraction of sp³-hybridized carbons (Fsp3) is 0.500. The summed E-state index contributed by atoms with van der Waals surface area (Å²) in [5.41, 5.74) is 1.27. The lowest BCUT2D eigenvalue weighted by Crippen LogP contribution is -2.27. The smallest absolute Gasteiger partial charge is 0.412 e. The molecule has 1 rings (SSSR count). The minimum atomic E-state index is -0.497. The van der Waals surface area contributed by atoms with Gasteiger partial charge in [-0.3, -0.25) is 5.32 Å². The van der Waals surface area contributed by atoms with E-state index in [-0.39, 0.29) is 0 Å². The minimum Gasteiger partial charge on any atom is -0.497 e. The van der Waals surface area contributed by atoms with Gasteiger partial charge in [-0.2, -0.15) is 0 Å². The van der Waals surface area contributed by atoms with Crippen LogP contribution < -0.4 is 10.1 Å². The Kier molecular flexibility index (Phi) is 4.59. The van der Waals surface area contributed by atoms with Crippen LogP contribution in [-0.4, -0.2) is 18.8 Å². The number of methoxy groups -OCH3 is 1. The van der Waals surface area contributed by atoms with Gasteiger partial charge >= 0.3 is 6.09 Å². The van der Waals surface area contributed by atoms with E-state index in [0.717, 1.165) is 23.4 Å². The molecule has 0 aromatic heterocycles. The van der Waals surface area contributed by atoms with Crippen molar-refractivity contribution in [1.82, 2.24) is 0 Å². The van der Waals surface area contributed by atoms with Gasteiger partial charge in [0.1, 0.15) is 11.4 Å². The Balaban J connectivity index is 2.81. The van der Waals surface area contributed by atoms with Crippen LogP contribution in [0.3, 0.4) is 0 Å². The Morgan fingerprint density at radius 3 is 2.50 bits per heavy atom. The molecule has 0 saturated heterocycles. The monoisotopic (exact) mass is 251 g/mol. The molecule has 0 unspecified atom stereocenters. The molecule has 0 spiro atoms. The number of carbonyl (C=O) groups is 1. The normalized spacial score (nSPS) is 10.9. The van der Waals surface area contributed by atoms with Crippen LogP contribution in [0.2, 0.25) is 0 Å². The summed E-state index contributed by atoms with van der Waals surface area (Å²) in [6.45, 7) is 7.53. The number of hydrogen-bond donors (Lipinski definition) is 1. The molecule has 4 nitrogen and oxygen atoms in total. The molecule has 0 heterocycles. The zero-order chi connectivity index (χ0) is 13.8. The molecule has 0 aliphatic rings. The third kappa shape index (κ3) is 4.28. The highest BCUT2D eigenvalue weighted by atomic mass is 16.6. The number of carbonyl (C=O) groups excluding carboxylic acids is 1. The highest BCUT2D eigenvalue weighted by molar-refractivity contribution is 5.86. The lowest BCUT2D eigenvalue weighted by atomic mass is 10.1. The Morgan fingerprint density at radius 1 is 1.33 bits per heavy atom. The van der Waals surface area contributed by atoms with Gasteiger partial charge in [-0.05, 0) is 51.0 Å². The molecule has 0 aliphatic heterocycles. The van der Waals surface area contributed by atoms with Gasteiger partial charge in [0.2, 0.25) is 0 Å². The molecule has 1 aromatic rings. The van der Waals surface area contributed by atoms with Crippen LogP contribution in [0, 0.1) is 0 Å². The lowest BCUT2D eigenvalue weighted by molar-refractivity contribution is 0.0636. The number of amides is 1. The largest absolute Gasteiger partial charge is 0.497 e. The first-order valence-corrected chi connectivity index (χ1v) is 6.02. The van der Waals surface area contributed by atoms with Crippen molar-refractivity contribution in [2.75, 3.05) is 12.4 Å². The molecule has 1 aromatic carbocycles. The van der Waals surface area contributed by atoms with E-state index in [1.54, 1.807) is 7.11 Å². The number of aryl methyl sites for hydroxylation is 1. The van der Waals surface area contributed by atoms with Crippen molar-refractivity contribution in [1.29, 1.82) is 0 Å². The second kappa shape index (κ2) is 5.76. The van der Waals surface area contributed by atoms with E-state index < -0.39 is 11.7 Å². The van der Waals surface area contributed by atoms with Crippen LogP contribution in [-0.2, 0) is 11.2 Å². The van der Waals surface area contributed by atoms with E-state index in [9.17, 15) is 4.79 Å². The summed E-state index contributed by atoms with van der Waals surface area (Å²) in [7, 11) is 1.62. The molecule has 0 atom stereocenters. The molecule has 0 radical (unpaired) electrons. The van der Waals surface area contributed by atoms with E-state index >= 15 is 0 Å². The molecule has 1 amide bonds. The van der Waals surface area contributed by atoms with E-state index in [1.165, 1.54) is 0 Å². The zero-order valence-corrected chi connectivity index (χ0v) is 11.7. The first kappa shape index (κ1) is 14.4. The summed E-state index contributed by atoms with van der Waals surface area (Å²) >= 11 is 0. The number of rotatable bonds is 3. The first-order chi connectivity index (χ1) is 8.35. The maximum Gasteiger partial charge on any atom is 0.412 e. The molecule has 18 heavy (non-hydrogen) atoms. The van der Waals surface area contributed by atoms with E-state index in [2.05, 4.69) is 5.32 Å². The van der Waals surface area contributed by atoms with Gasteiger partial charge in [0, 0.05) is 5.69 Å². The Labute approximate surface area is 108 Å². The molecule has 4 heteroatoms. The summed E-state index contributed by atoms with van der Waals surface area (Å²) in [6.07, 6.45) is 0.366. The van der Waals surface area contributed by atoms with Crippen molar-refractivity contribution in [3.8, 4) is 5.75 Å². The summed E-state index contributed by atoms with van der Waals surface area (Å²) in [5, 5.41) is 2.75. The number of hydrogen-bond acceptors (Lipinski definition) is 3. The molecule has 100 valence electrons. The summed E-state index contributed by atoms with van der Waals surface area (Å²) < 4.78 is 10.4. The zero-order valence-electron chi connectivity index (χ0n) is 11.7. The van der Waals surface area contributed by atoms with E-state index in [1.807, 2.05) is 45.9 Å². The number of benzene rings is 1. The third-order valence-electron chi connectivity index (χ3n) is 2.33. The van der Waals surface area contributed by atoms with Crippen molar-refractivity contribution in [2.24, 2.45) is 0 Å². The van der Waals surface area contributed by atoms with Crippen LogP contribution in [0.25, 0.3) is 0 Å². The minimum absolute atomic E-state index is 0.442. The topological polar surface area (TPSA) is 47.6 Å². The highest BCUT2D eigenvalue weighted by Crippen LogP contribution is 2.23. The van der Waals surface area contributed by atoms with Crippen molar-refractivity contribution < 1.29 is 14.3 Å². The quantitative estimate of drug-likeness (QED) is 0.892. The van der Waals surface area contributed by atoms with Crippen molar-refractivity contribution in [3.05, 3.63) is 23.8 Å². The van der Waals surface area contributed by atoms with Crippen LogP contribution in [0.15, 0.2) is 18.2 Å². The second-order valence-corrected chi connectivity index (χ2v) is 5.00. The summed E-state index contributed by atoms with van der Waals surface area (Å²) in [4.78, 5) is 11.7. The maximum atomic E-state index is 11.7. The molecular formula is C14H21NO3. The average Bonchev–Trinajstić information content (AvgIpc) is 2.27. The lowest BCUT2D eigenvalue weighted by Gasteiger charge is -2.20. The second-order valence-electron chi connectivity index (χ2n) is 5.00. The number of ether oxygens (including phenoxy) is 2. The predicted molar refractivity (Wildman–Crippen MR) is 72.2 cm³/mol. The van der Waals surface area contributed by atoms with Gasteiger partial charge < -0.3 is 9.47 Å². The molecule has 0 bridgehead atoms. The fourth-order valence-corrected chi connectivity index (χ4v) is 1.53. The van der Waals surface area contributed by atoms with Gasteiger partial charge in [0.05, 0.1) is 7.11 Å². The van der Waals surface area contributed by atoms with Crippen LogP contribution in [0.1, 0.15) is 33.3 Å². The molecular weight excluding hydrogens is 230 g/mol. The van der Waals surface area contributed by atoms with E-state index in [0.29, 0.717) is 0 Å². The Hall–Kier alpha value is -1.71. The standard InChI is InChI=1S/C14H21NO3/c1-6-10-9-11(17-5)7-8-12(10)15-13(16)18-14(2,3)4/h7-9H,6H2,1-5H3,(H,15,16). The molecule has 1 N–H and O–H groups in total. The predicted octanol–water partition coefficient (Wildman–Crippen LogP) is 3.60. The van der Waals surface area contributed by atoms with Crippen LogP contribution in [0.5, 0.6) is 5.75 Å². The van der Waals surface area contributed by atoms with Crippen LogP contribution >= 0.6 is 0 Å². The number of anilines is 1. The number of nitrogens with one attached hydrogen (secondary N) is 1. The van der Waals surface area contributed by atoms with Crippen LogP contribution in [0.4, 0.5) is 10.5 Å². The fourth-order valence-electron chi connectivity index (χ4n) is 1.53. The van der Waals surface area contributed by atoms with Crippen molar-refractivity contribution in [2.45, 2.75) is 39.7 Å². The van der Waals surface area contributed by atoms with Gasteiger partial charge in [-0.15, -0.1) is 0 Å². The van der Waals surface area contributed by atoms with Gasteiger partial charge in [-0.1, -0.05) is 6.92 Å². The highest BCUT2D eigenvalue weighted by Gasteiger charge is 2.17. The summed E-state index contributed by atoms with van der Waals surface area (Å²) in [5.74, 6) is 0.779. The first-order valence-electron chi connectivity index (χ1n) is 6.02. The van der Waals surface area contributed by atoms with Gasteiger partial charge in [-0.25, -0.2) is 4.79 Å².